The molecule has 0 fully saturated rings. The monoisotopic (exact) mass is 349 g/mol. The average Bonchev–Trinajstić information content (AvgIpc) is 3.02. The summed E-state index contributed by atoms with van der Waals surface area (Å²) in [5.41, 5.74) is 10.1. The highest BCUT2D eigenvalue weighted by Crippen LogP contribution is 2.60. The molecule has 2 aliphatic carbocycles. The van der Waals surface area contributed by atoms with Gasteiger partial charge in [-0.25, -0.2) is 0 Å². The molecule has 0 atom stereocenters. The van der Waals surface area contributed by atoms with E-state index in [1.165, 1.54) is 39.1 Å². The Bertz CT molecular complexity index is 1030. The van der Waals surface area contributed by atoms with Crippen molar-refractivity contribution in [2.45, 2.75) is 25.2 Å². The van der Waals surface area contributed by atoms with Gasteiger partial charge in [-0.2, -0.15) is 0 Å². The van der Waals surface area contributed by atoms with Gasteiger partial charge >= 0.3 is 0 Å². The third kappa shape index (κ3) is 2.00. The number of hydrogen-bond donors (Lipinski definition) is 1. The number of hydrogen-bond acceptors (Lipinski definition) is 1. The molecule has 1 spiro atoms. The standard InChI is InChI=1S/C26H23N/c1-3-11-22-24(4-2)27-25-17-10-9-16-23(25)26(22)20-14-7-5-12-18(20)19-13-6-8-15-21(19)26/h3-8,11-17,27H,2,9-10H2,1H3/b11-3-. The van der Waals surface area contributed by atoms with Crippen LogP contribution in [-0.4, -0.2) is 0 Å². The van der Waals surface area contributed by atoms with Crippen LogP contribution < -0.4 is 5.32 Å². The maximum atomic E-state index is 4.12. The second-order valence-electron chi connectivity index (χ2n) is 7.31. The maximum absolute atomic E-state index is 4.12. The minimum Gasteiger partial charge on any atom is -0.355 e. The second kappa shape index (κ2) is 5.99. The molecule has 1 nitrogen and oxygen atoms in total. The molecule has 0 saturated heterocycles. The SMILES string of the molecule is C=CC1=C(/C=C\C)C2(C3=CCCC=C3N1)c1ccccc1-c1ccccc12. The molecule has 0 aromatic heterocycles. The van der Waals surface area contributed by atoms with Crippen LogP contribution in [0.2, 0.25) is 0 Å². The van der Waals surface area contributed by atoms with E-state index in [1.54, 1.807) is 0 Å². The third-order valence-electron chi connectivity index (χ3n) is 6.01. The number of rotatable bonds is 2. The number of fused-ring (bicyclic) bond motifs is 7. The van der Waals surface area contributed by atoms with Crippen molar-refractivity contribution in [1.82, 2.24) is 5.32 Å². The number of nitrogens with one attached hydrogen (secondary N) is 1. The molecule has 2 aromatic rings. The van der Waals surface area contributed by atoms with E-state index in [1.807, 2.05) is 6.08 Å². The maximum Gasteiger partial charge on any atom is 0.0750 e. The van der Waals surface area contributed by atoms with E-state index in [4.69, 9.17) is 0 Å². The van der Waals surface area contributed by atoms with Crippen molar-refractivity contribution in [1.29, 1.82) is 0 Å². The first-order valence-corrected chi connectivity index (χ1v) is 9.69. The van der Waals surface area contributed by atoms with E-state index in [0.29, 0.717) is 0 Å². The quantitative estimate of drug-likeness (QED) is 0.683. The number of allylic oxidation sites excluding steroid dienone is 7. The molecule has 132 valence electrons. The van der Waals surface area contributed by atoms with Crippen LogP contribution in [-0.2, 0) is 5.41 Å². The topological polar surface area (TPSA) is 12.0 Å². The molecule has 5 rings (SSSR count). The molecule has 0 radical (unpaired) electrons. The van der Waals surface area contributed by atoms with Gasteiger partial charge in [0, 0.05) is 11.4 Å². The predicted octanol–water partition coefficient (Wildman–Crippen LogP) is 6.18. The highest BCUT2D eigenvalue weighted by atomic mass is 14.9. The van der Waals surface area contributed by atoms with Gasteiger partial charge in [0.2, 0.25) is 0 Å². The fourth-order valence-corrected chi connectivity index (χ4v) is 5.07. The summed E-state index contributed by atoms with van der Waals surface area (Å²) in [5, 5.41) is 3.66. The van der Waals surface area contributed by atoms with Crippen LogP contribution in [0.1, 0.15) is 30.9 Å². The zero-order valence-electron chi connectivity index (χ0n) is 15.6. The normalized spacial score (nSPS) is 19.1. The smallest absolute Gasteiger partial charge is 0.0750 e. The number of benzene rings is 2. The van der Waals surface area contributed by atoms with Crippen molar-refractivity contribution in [2.24, 2.45) is 0 Å². The van der Waals surface area contributed by atoms with Gasteiger partial charge in [0.1, 0.15) is 0 Å². The summed E-state index contributed by atoms with van der Waals surface area (Å²) in [6.07, 6.45) is 13.3. The van der Waals surface area contributed by atoms with Crippen LogP contribution in [0.4, 0.5) is 0 Å². The Kier molecular flexibility index (Phi) is 3.58. The summed E-state index contributed by atoms with van der Waals surface area (Å²) in [4.78, 5) is 0. The Morgan fingerprint density at radius 3 is 2.19 bits per heavy atom. The molecule has 1 heterocycles. The second-order valence-corrected chi connectivity index (χ2v) is 7.31. The van der Waals surface area contributed by atoms with Crippen LogP contribution in [0.3, 0.4) is 0 Å². The van der Waals surface area contributed by atoms with Gasteiger partial charge < -0.3 is 5.32 Å². The lowest BCUT2D eigenvalue weighted by molar-refractivity contribution is 0.671. The highest BCUT2D eigenvalue weighted by Gasteiger charge is 2.51. The van der Waals surface area contributed by atoms with E-state index in [-0.39, 0.29) is 5.41 Å². The van der Waals surface area contributed by atoms with Crippen molar-refractivity contribution in [3.05, 3.63) is 119 Å². The van der Waals surface area contributed by atoms with Gasteiger partial charge in [-0.1, -0.05) is 79.4 Å². The first-order valence-electron chi connectivity index (χ1n) is 9.69. The summed E-state index contributed by atoms with van der Waals surface area (Å²) in [6, 6.07) is 17.8. The first kappa shape index (κ1) is 16.1. The predicted molar refractivity (Wildman–Crippen MR) is 113 cm³/mol. The van der Waals surface area contributed by atoms with Gasteiger partial charge in [0.25, 0.3) is 0 Å². The fraction of sp³-hybridized carbons (Fsp3) is 0.154. The van der Waals surface area contributed by atoms with Crippen LogP contribution in [0.25, 0.3) is 11.1 Å². The van der Waals surface area contributed by atoms with Crippen molar-refractivity contribution < 1.29 is 0 Å². The zero-order valence-corrected chi connectivity index (χ0v) is 15.6. The van der Waals surface area contributed by atoms with Crippen LogP contribution in [0, 0.1) is 0 Å². The molecular weight excluding hydrogens is 326 g/mol. The lowest BCUT2D eigenvalue weighted by Crippen LogP contribution is -2.40. The van der Waals surface area contributed by atoms with Crippen molar-refractivity contribution >= 4 is 0 Å². The minimum atomic E-state index is -0.277. The zero-order chi connectivity index (χ0) is 18.4. The summed E-state index contributed by atoms with van der Waals surface area (Å²) < 4.78 is 0. The van der Waals surface area contributed by atoms with Crippen molar-refractivity contribution in [2.75, 3.05) is 0 Å². The Morgan fingerprint density at radius 2 is 1.56 bits per heavy atom. The molecule has 0 saturated carbocycles. The molecule has 0 amide bonds. The van der Waals surface area contributed by atoms with Crippen molar-refractivity contribution in [3.8, 4) is 11.1 Å². The highest BCUT2D eigenvalue weighted by molar-refractivity contribution is 5.88. The van der Waals surface area contributed by atoms with Crippen LogP contribution >= 0.6 is 0 Å². The van der Waals surface area contributed by atoms with Gasteiger partial charge in [0.05, 0.1) is 5.41 Å². The first-order chi connectivity index (χ1) is 13.3. The molecule has 1 heteroatoms. The summed E-state index contributed by atoms with van der Waals surface area (Å²) in [6.45, 7) is 6.21. The van der Waals surface area contributed by atoms with Gasteiger partial charge in [0.15, 0.2) is 0 Å². The summed E-state index contributed by atoms with van der Waals surface area (Å²) in [5.74, 6) is 0. The van der Waals surface area contributed by atoms with Crippen molar-refractivity contribution in [3.63, 3.8) is 0 Å². The summed E-state index contributed by atoms with van der Waals surface area (Å²) >= 11 is 0. The molecule has 27 heavy (non-hydrogen) atoms. The minimum absolute atomic E-state index is 0.277. The molecule has 1 aliphatic heterocycles. The van der Waals surface area contributed by atoms with Gasteiger partial charge in [-0.05, 0) is 59.2 Å². The van der Waals surface area contributed by atoms with Gasteiger partial charge in [-0.15, -0.1) is 0 Å². The molecule has 2 aromatic carbocycles. The largest absolute Gasteiger partial charge is 0.355 e. The van der Waals surface area contributed by atoms with E-state index in [0.717, 1.165) is 18.5 Å². The van der Waals surface area contributed by atoms with E-state index >= 15 is 0 Å². The van der Waals surface area contributed by atoms with E-state index in [2.05, 4.69) is 91.7 Å². The summed E-state index contributed by atoms with van der Waals surface area (Å²) in [7, 11) is 0. The van der Waals surface area contributed by atoms with Crippen LogP contribution in [0.15, 0.2) is 108 Å². The molecule has 0 bridgehead atoms. The van der Waals surface area contributed by atoms with E-state index < -0.39 is 0 Å². The van der Waals surface area contributed by atoms with Gasteiger partial charge in [-0.3, -0.25) is 0 Å². The fourth-order valence-electron chi connectivity index (χ4n) is 5.07. The lowest BCUT2D eigenvalue weighted by atomic mass is 9.62. The molecule has 0 unspecified atom stereocenters. The molecule has 3 aliphatic rings. The molecule has 1 N–H and O–H groups in total. The Morgan fingerprint density at radius 1 is 0.926 bits per heavy atom. The molecular formula is C26H23N. The lowest BCUT2D eigenvalue weighted by Gasteiger charge is -2.43. The Balaban J connectivity index is 1.99. The average molecular weight is 349 g/mol. The Labute approximate surface area is 161 Å². The van der Waals surface area contributed by atoms with E-state index in [9.17, 15) is 0 Å². The Hall–Kier alpha value is -3.06. The third-order valence-corrected chi connectivity index (χ3v) is 6.01. The van der Waals surface area contributed by atoms with Crippen LogP contribution in [0.5, 0.6) is 0 Å².